The standard InChI is InChI=1S/C22H41N3O5.C9H12.C2H6/c1-10-30-19(27)14-29-13-16(4)11-17(15(2)3)25(9)21(28)20(22(5,6)7)24-18(26)12-23-8;1-8(2)9-6-4-3-5-7-9;1-2/h11,15,17,20,23H,10,12-14H2,1-9H3,(H,24,26);3-8H,1-2H3;1-2H3/b16-11+;;. The van der Waals surface area contributed by atoms with Crippen molar-refractivity contribution in [3.05, 3.63) is 47.5 Å². The monoisotopic (exact) mass is 577 g/mol. The van der Waals surface area contributed by atoms with Crippen LogP contribution in [0.4, 0.5) is 0 Å². The van der Waals surface area contributed by atoms with Gasteiger partial charge in [-0.05, 0) is 49.3 Å². The fourth-order valence-electron chi connectivity index (χ4n) is 3.80. The van der Waals surface area contributed by atoms with Crippen LogP contribution in [0.15, 0.2) is 42.0 Å². The number of nitrogens with one attached hydrogen (secondary N) is 2. The van der Waals surface area contributed by atoms with Crippen LogP contribution in [0.2, 0.25) is 0 Å². The van der Waals surface area contributed by atoms with E-state index in [-0.39, 0.29) is 43.5 Å². The van der Waals surface area contributed by atoms with E-state index in [0.29, 0.717) is 12.5 Å². The molecule has 0 aromatic heterocycles. The van der Waals surface area contributed by atoms with Crippen LogP contribution in [0.3, 0.4) is 0 Å². The first-order chi connectivity index (χ1) is 19.1. The van der Waals surface area contributed by atoms with Crippen LogP contribution in [0, 0.1) is 11.3 Å². The molecule has 1 aromatic rings. The number of ether oxygens (including phenoxy) is 2. The minimum atomic E-state index is -0.654. The van der Waals surface area contributed by atoms with Crippen molar-refractivity contribution in [3.8, 4) is 0 Å². The summed E-state index contributed by atoms with van der Waals surface area (Å²) in [6, 6.07) is 9.68. The predicted octanol–water partition coefficient (Wildman–Crippen LogP) is 5.58. The van der Waals surface area contributed by atoms with Crippen LogP contribution in [-0.2, 0) is 23.9 Å². The molecule has 0 radical (unpaired) electrons. The molecule has 2 atom stereocenters. The third-order valence-corrected chi connectivity index (χ3v) is 6.01. The van der Waals surface area contributed by atoms with Crippen LogP contribution < -0.4 is 10.6 Å². The number of benzene rings is 1. The third kappa shape index (κ3) is 17.7. The van der Waals surface area contributed by atoms with Gasteiger partial charge in [0.15, 0.2) is 0 Å². The van der Waals surface area contributed by atoms with Crippen molar-refractivity contribution < 1.29 is 23.9 Å². The van der Waals surface area contributed by atoms with E-state index in [1.807, 2.05) is 67.5 Å². The molecule has 0 spiro atoms. The molecule has 1 aromatic carbocycles. The summed E-state index contributed by atoms with van der Waals surface area (Å²) in [4.78, 5) is 38.5. The lowest BCUT2D eigenvalue weighted by molar-refractivity contribution is -0.148. The Bertz CT molecular complexity index is 892. The molecule has 0 saturated heterocycles. The Kier molecular flexibility index (Phi) is 21.7. The van der Waals surface area contributed by atoms with E-state index in [1.54, 1.807) is 25.9 Å². The topological polar surface area (TPSA) is 97.0 Å². The molecule has 2 amide bonds. The number of hydrogen-bond acceptors (Lipinski definition) is 6. The van der Waals surface area contributed by atoms with Gasteiger partial charge in [0.05, 0.1) is 25.8 Å². The largest absolute Gasteiger partial charge is 0.464 e. The van der Waals surface area contributed by atoms with Crippen molar-refractivity contribution in [3.63, 3.8) is 0 Å². The molecule has 8 nitrogen and oxygen atoms in total. The second-order valence-electron chi connectivity index (χ2n) is 11.5. The Morgan fingerprint density at radius 3 is 1.98 bits per heavy atom. The van der Waals surface area contributed by atoms with Gasteiger partial charge in [-0.25, -0.2) is 4.79 Å². The van der Waals surface area contributed by atoms with E-state index in [4.69, 9.17) is 9.47 Å². The first kappa shape index (κ1) is 40.4. The minimum absolute atomic E-state index is 0.107. The average Bonchev–Trinajstić information content (AvgIpc) is 2.91. The number of carbonyl (C=O) groups is 3. The molecule has 0 fully saturated rings. The Morgan fingerprint density at radius 2 is 1.56 bits per heavy atom. The van der Waals surface area contributed by atoms with Crippen molar-refractivity contribution in [1.29, 1.82) is 0 Å². The zero-order valence-electron chi connectivity index (χ0n) is 28.1. The van der Waals surface area contributed by atoms with Gasteiger partial charge in [0, 0.05) is 7.05 Å². The highest BCUT2D eigenvalue weighted by molar-refractivity contribution is 5.89. The first-order valence-corrected chi connectivity index (χ1v) is 14.8. The van der Waals surface area contributed by atoms with E-state index in [9.17, 15) is 14.4 Å². The van der Waals surface area contributed by atoms with Gasteiger partial charge >= 0.3 is 5.97 Å². The summed E-state index contributed by atoms with van der Waals surface area (Å²) in [6.07, 6.45) is 1.98. The Labute approximate surface area is 250 Å². The fourth-order valence-corrected chi connectivity index (χ4v) is 3.80. The van der Waals surface area contributed by atoms with Crippen molar-refractivity contribution in [2.75, 3.05) is 40.5 Å². The maximum absolute atomic E-state index is 13.3. The van der Waals surface area contributed by atoms with E-state index in [1.165, 1.54) is 5.56 Å². The second kappa shape index (κ2) is 22.0. The number of likely N-dealkylation sites (N-methyl/N-ethyl adjacent to an activating group) is 2. The van der Waals surface area contributed by atoms with Gasteiger partial charge in [-0.15, -0.1) is 0 Å². The van der Waals surface area contributed by atoms with Crippen LogP contribution in [0.5, 0.6) is 0 Å². The molecule has 0 heterocycles. The maximum atomic E-state index is 13.3. The van der Waals surface area contributed by atoms with Crippen LogP contribution >= 0.6 is 0 Å². The molecule has 1 rings (SSSR count). The molecule has 0 aliphatic heterocycles. The summed E-state index contributed by atoms with van der Waals surface area (Å²) in [5, 5.41) is 5.66. The normalized spacial score (nSPS) is 12.8. The number of carbonyl (C=O) groups excluding carboxylic acids is 3. The van der Waals surface area contributed by atoms with Gasteiger partial charge in [0.2, 0.25) is 11.8 Å². The number of esters is 1. The van der Waals surface area contributed by atoms with Crippen molar-refractivity contribution in [2.45, 2.75) is 94.2 Å². The molecule has 2 N–H and O–H groups in total. The minimum Gasteiger partial charge on any atom is -0.464 e. The van der Waals surface area contributed by atoms with Gasteiger partial charge in [-0.2, -0.15) is 0 Å². The van der Waals surface area contributed by atoms with Crippen LogP contribution in [0.25, 0.3) is 0 Å². The molecule has 8 heteroatoms. The van der Waals surface area contributed by atoms with Gasteiger partial charge in [-0.1, -0.05) is 98.7 Å². The zero-order chi connectivity index (χ0) is 32.2. The summed E-state index contributed by atoms with van der Waals surface area (Å²) in [6.45, 7) is 22.5. The lowest BCUT2D eigenvalue weighted by Crippen LogP contribution is -2.57. The second-order valence-corrected chi connectivity index (χ2v) is 11.5. The molecule has 0 aliphatic rings. The van der Waals surface area contributed by atoms with Gasteiger partial charge in [0.1, 0.15) is 12.6 Å². The molecule has 236 valence electrons. The number of nitrogens with zero attached hydrogens (tertiary/aromatic N) is 1. The van der Waals surface area contributed by atoms with Gasteiger partial charge in [0.25, 0.3) is 0 Å². The molecule has 0 saturated carbocycles. The predicted molar refractivity (Wildman–Crippen MR) is 170 cm³/mol. The Morgan fingerprint density at radius 1 is 1.00 bits per heavy atom. The molecule has 2 unspecified atom stereocenters. The lowest BCUT2D eigenvalue weighted by atomic mass is 9.85. The number of amides is 2. The van der Waals surface area contributed by atoms with E-state index in [0.717, 1.165) is 5.57 Å². The van der Waals surface area contributed by atoms with Gasteiger partial charge < -0.3 is 25.0 Å². The number of hydrogen-bond donors (Lipinski definition) is 2. The van der Waals surface area contributed by atoms with Crippen molar-refractivity contribution in [1.82, 2.24) is 15.5 Å². The third-order valence-electron chi connectivity index (χ3n) is 6.01. The molecule has 0 aliphatic carbocycles. The molecule has 41 heavy (non-hydrogen) atoms. The maximum Gasteiger partial charge on any atom is 0.332 e. The Balaban J connectivity index is 0. The quantitative estimate of drug-likeness (QED) is 0.235. The smallest absolute Gasteiger partial charge is 0.332 e. The summed E-state index contributed by atoms with van der Waals surface area (Å²) in [5.41, 5.74) is 1.87. The van der Waals surface area contributed by atoms with Crippen LogP contribution in [-0.4, -0.2) is 75.2 Å². The first-order valence-electron chi connectivity index (χ1n) is 14.8. The SMILES string of the molecule is CC.CC(C)c1ccccc1.CCOC(=O)COC/C(C)=C/C(C(C)C)N(C)C(=O)C(NC(=O)CNC)C(C)(C)C. The van der Waals surface area contributed by atoms with Gasteiger partial charge in [-0.3, -0.25) is 9.59 Å². The van der Waals surface area contributed by atoms with E-state index >= 15 is 0 Å². The van der Waals surface area contributed by atoms with E-state index in [2.05, 4.69) is 48.7 Å². The molecular weight excluding hydrogens is 518 g/mol. The summed E-state index contributed by atoms with van der Waals surface area (Å²) < 4.78 is 10.2. The highest BCUT2D eigenvalue weighted by atomic mass is 16.6. The zero-order valence-corrected chi connectivity index (χ0v) is 28.1. The number of rotatable bonds is 13. The highest BCUT2D eigenvalue weighted by Gasteiger charge is 2.36. The highest BCUT2D eigenvalue weighted by Crippen LogP contribution is 2.23. The molecule has 0 bridgehead atoms. The van der Waals surface area contributed by atoms with Crippen molar-refractivity contribution >= 4 is 17.8 Å². The summed E-state index contributed by atoms with van der Waals surface area (Å²) >= 11 is 0. The van der Waals surface area contributed by atoms with E-state index < -0.39 is 17.4 Å². The summed E-state index contributed by atoms with van der Waals surface area (Å²) in [7, 11) is 3.44. The van der Waals surface area contributed by atoms with Crippen LogP contribution in [0.1, 0.15) is 87.6 Å². The summed E-state index contributed by atoms with van der Waals surface area (Å²) in [5.74, 6) is 0.0311. The average molecular weight is 578 g/mol. The Hall–Kier alpha value is -2.71. The fraction of sp³-hybridized carbons (Fsp3) is 0.667. The molecular formula is C33H59N3O5. The lowest BCUT2D eigenvalue weighted by Gasteiger charge is -2.37. The van der Waals surface area contributed by atoms with Crippen molar-refractivity contribution in [2.24, 2.45) is 11.3 Å².